The number of rotatable bonds is 6. The fourth-order valence-corrected chi connectivity index (χ4v) is 3.77. The van der Waals surface area contributed by atoms with Crippen molar-refractivity contribution in [2.75, 3.05) is 14.2 Å². The molecule has 0 saturated carbocycles. The molecule has 164 valence electrons. The van der Waals surface area contributed by atoms with Crippen molar-refractivity contribution >= 4 is 16.9 Å². The number of benzene rings is 2. The third-order valence-corrected chi connectivity index (χ3v) is 5.44. The number of aromatic nitrogens is 3. The van der Waals surface area contributed by atoms with Crippen LogP contribution in [0.25, 0.3) is 16.7 Å². The molecule has 2 heterocycles. The Morgan fingerprint density at radius 1 is 1.00 bits per heavy atom. The molecule has 0 fully saturated rings. The van der Waals surface area contributed by atoms with Crippen molar-refractivity contribution < 1.29 is 14.3 Å². The van der Waals surface area contributed by atoms with Crippen molar-refractivity contribution in [2.24, 2.45) is 0 Å². The summed E-state index contributed by atoms with van der Waals surface area (Å²) in [6, 6.07) is 16.9. The van der Waals surface area contributed by atoms with Gasteiger partial charge in [-0.1, -0.05) is 12.1 Å². The van der Waals surface area contributed by atoms with E-state index < -0.39 is 0 Å². The van der Waals surface area contributed by atoms with Crippen molar-refractivity contribution in [1.82, 2.24) is 20.1 Å². The fourth-order valence-electron chi connectivity index (χ4n) is 3.77. The van der Waals surface area contributed by atoms with Crippen molar-refractivity contribution in [3.63, 3.8) is 0 Å². The predicted molar refractivity (Wildman–Crippen MR) is 124 cm³/mol. The molecule has 0 bridgehead atoms. The number of aryl methyl sites for hydroxylation is 2. The van der Waals surface area contributed by atoms with Crippen molar-refractivity contribution in [1.29, 1.82) is 0 Å². The van der Waals surface area contributed by atoms with Crippen LogP contribution in [0, 0.1) is 13.8 Å². The Morgan fingerprint density at radius 2 is 1.72 bits per heavy atom. The van der Waals surface area contributed by atoms with Gasteiger partial charge in [0.2, 0.25) is 0 Å². The minimum Gasteiger partial charge on any atom is -0.497 e. The van der Waals surface area contributed by atoms with Crippen LogP contribution in [-0.4, -0.2) is 34.9 Å². The second-order valence-corrected chi connectivity index (χ2v) is 7.68. The topological polar surface area (TPSA) is 78.3 Å². The molecule has 2 aromatic heterocycles. The third-order valence-electron chi connectivity index (χ3n) is 5.44. The molecule has 1 atom stereocenters. The first-order chi connectivity index (χ1) is 15.4. The number of carbonyl (C=O) groups is 1. The lowest BCUT2D eigenvalue weighted by Gasteiger charge is -2.16. The highest BCUT2D eigenvalue weighted by molar-refractivity contribution is 6.07. The van der Waals surface area contributed by atoms with Gasteiger partial charge in [0.25, 0.3) is 5.91 Å². The van der Waals surface area contributed by atoms with Gasteiger partial charge in [-0.05, 0) is 68.8 Å². The summed E-state index contributed by atoms with van der Waals surface area (Å²) in [4.78, 5) is 18.0. The molecule has 4 rings (SSSR count). The zero-order valence-electron chi connectivity index (χ0n) is 18.8. The summed E-state index contributed by atoms with van der Waals surface area (Å²) >= 11 is 0. The van der Waals surface area contributed by atoms with Gasteiger partial charge >= 0.3 is 0 Å². The second kappa shape index (κ2) is 8.70. The number of nitrogens with zero attached hydrogens (tertiary/aromatic N) is 3. The summed E-state index contributed by atoms with van der Waals surface area (Å²) < 4.78 is 12.3. The minimum absolute atomic E-state index is 0.173. The molecular formula is C25H26N4O3. The van der Waals surface area contributed by atoms with Crippen LogP contribution in [-0.2, 0) is 0 Å². The number of ether oxygens (including phenoxy) is 2. The van der Waals surface area contributed by atoms with Crippen LogP contribution in [0.4, 0.5) is 0 Å². The lowest BCUT2D eigenvalue weighted by atomic mass is 10.1. The van der Waals surface area contributed by atoms with Gasteiger partial charge in [0.05, 0.1) is 42.6 Å². The van der Waals surface area contributed by atoms with Gasteiger partial charge in [-0.15, -0.1) is 0 Å². The summed E-state index contributed by atoms with van der Waals surface area (Å²) in [6.45, 7) is 5.72. The van der Waals surface area contributed by atoms with Gasteiger partial charge < -0.3 is 14.8 Å². The van der Waals surface area contributed by atoms with Crippen LogP contribution in [0.15, 0.2) is 54.6 Å². The van der Waals surface area contributed by atoms with E-state index in [1.807, 2.05) is 75.4 Å². The van der Waals surface area contributed by atoms with Crippen molar-refractivity contribution in [2.45, 2.75) is 26.8 Å². The number of hydrogen-bond donors (Lipinski definition) is 1. The number of pyridine rings is 1. The van der Waals surface area contributed by atoms with E-state index in [1.54, 1.807) is 18.9 Å². The van der Waals surface area contributed by atoms with Crippen LogP contribution in [0.1, 0.15) is 40.3 Å². The molecule has 7 heteroatoms. The van der Waals surface area contributed by atoms with Crippen LogP contribution in [0.3, 0.4) is 0 Å². The van der Waals surface area contributed by atoms with Gasteiger partial charge in [0.15, 0.2) is 5.65 Å². The van der Waals surface area contributed by atoms with E-state index in [4.69, 9.17) is 14.5 Å². The minimum atomic E-state index is -0.196. The van der Waals surface area contributed by atoms with Crippen LogP contribution in [0.5, 0.6) is 11.5 Å². The summed E-state index contributed by atoms with van der Waals surface area (Å²) in [7, 11) is 3.26. The van der Waals surface area contributed by atoms with E-state index in [1.165, 1.54) is 0 Å². The Bertz CT molecular complexity index is 1280. The smallest absolute Gasteiger partial charge is 0.252 e. The van der Waals surface area contributed by atoms with Gasteiger partial charge in [-0.2, -0.15) is 5.10 Å². The molecule has 0 aliphatic carbocycles. The number of methoxy groups -OCH3 is 2. The zero-order valence-corrected chi connectivity index (χ0v) is 18.8. The normalized spacial score (nSPS) is 11.9. The SMILES string of the molecule is COc1ccc(-n2nc(C)c3c(C(=O)NC(C)c4cccc(OC)c4)cc(C)nc32)cc1. The molecule has 1 amide bonds. The molecule has 0 aliphatic rings. The highest BCUT2D eigenvalue weighted by Gasteiger charge is 2.21. The molecular weight excluding hydrogens is 404 g/mol. The number of nitrogens with one attached hydrogen (secondary N) is 1. The largest absolute Gasteiger partial charge is 0.497 e. The van der Waals surface area contributed by atoms with Gasteiger partial charge in [-0.25, -0.2) is 9.67 Å². The van der Waals surface area contributed by atoms with E-state index in [-0.39, 0.29) is 11.9 Å². The molecule has 1 unspecified atom stereocenters. The number of hydrogen-bond acceptors (Lipinski definition) is 5. The Balaban J connectivity index is 1.72. The first-order valence-corrected chi connectivity index (χ1v) is 10.4. The maximum Gasteiger partial charge on any atom is 0.252 e. The monoisotopic (exact) mass is 430 g/mol. The van der Waals surface area contributed by atoms with Crippen LogP contribution >= 0.6 is 0 Å². The average Bonchev–Trinajstić information content (AvgIpc) is 3.14. The van der Waals surface area contributed by atoms with Gasteiger partial charge in [0.1, 0.15) is 11.5 Å². The predicted octanol–water partition coefficient (Wildman–Crippen LogP) is 4.55. The number of carbonyl (C=O) groups excluding carboxylic acids is 1. The molecule has 0 radical (unpaired) electrons. The molecule has 32 heavy (non-hydrogen) atoms. The Labute approximate surface area is 187 Å². The number of fused-ring (bicyclic) bond motifs is 1. The van der Waals surface area contributed by atoms with Crippen molar-refractivity contribution in [3.05, 3.63) is 77.1 Å². The quantitative estimate of drug-likeness (QED) is 0.486. The highest BCUT2D eigenvalue weighted by Crippen LogP contribution is 2.27. The maximum atomic E-state index is 13.3. The summed E-state index contributed by atoms with van der Waals surface area (Å²) in [5, 5.41) is 8.51. The lowest BCUT2D eigenvalue weighted by molar-refractivity contribution is 0.0941. The summed E-state index contributed by atoms with van der Waals surface area (Å²) in [5.74, 6) is 1.34. The van der Waals surface area contributed by atoms with Gasteiger partial charge in [0, 0.05) is 5.69 Å². The van der Waals surface area contributed by atoms with E-state index in [0.29, 0.717) is 11.2 Å². The molecule has 0 aliphatic heterocycles. The Hall–Kier alpha value is -3.87. The van der Waals surface area contributed by atoms with Crippen molar-refractivity contribution in [3.8, 4) is 17.2 Å². The molecule has 0 spiro atoms. The third kappa shape index (κ3) is 4.01. The zero-order chi connectivity index (χ0) is 22.8. The molecule has 2 aromatic carbocycles. The van der Waals surface area contributed by atoms with Crippen LogP contribution in [0.2, 0.25) is 0 Å². The Kier molecular flexibility index (Phi) is 5.81. The second-order valence-electron chi connectivity index (χ2n) is 7.68. The standard InChI is InChI=1S/C25H26N4O3/c1-15-13-22(25(30)27-16(2)18-7-6-8-21(14-18)32-5)23-17(3)28-29(24(23)26-15)19-9-11-20(31-4)12-10-19/h6-14,16H,1-5H3,(H,27,30). The Morgan fingerprint density at radius 3 is 2.41 bits per heavy atom. The highest BCUT2D eigenvalue weighted by atomic mass is 16.5. The molecule has 0 saturated heterocycles. The number of amides is 1. The van der Waals surface area contributed by atoms with E-state index >= 15 is 0 Å². The molecule has 4 aromatic rings. The van der Waals surface area contributed by atoms with Gasteiger partial charge in [-0.3, -0.25) is 4.79 Å². The average molecular weight is 431 g/mol. The molecule has 7 nitrogen and oxygen atoms in total. The first-order valence-electron chi connectivity index (χ1n) is 10.4. The summed E-state index contributed by atoms with van der Waals surface area (Å²) in [6.07, 6.45) is 0. The molecule has 1 N–H and O–H groups in total. The fraction of sp³-hybridized carbons (Fsp3) is 0.240. The van der Waals surface area contributed by atoms with Crippen LogP contribution < -0.4 is 14.8 Å². The summed E-state index contributed by atoms with van der Waals surface area (Å²) in [5.41, 5.74) is 4.49. The lowest BCUT2D eigenvalue weighted by Crippen LogP contribution is -2.27. The maximum absolute atomic E-state index is 13.3. The first kappa shape index (κ1) is 21.4. The van der Waals surface area contributed by atoms with E-state index in [2.05, 4.69) is 10.4 Å². The van der Waals surface area contributed by atoms with E-state index in [0.717, 1.165) is 39.5 Å². The van der Waals surface area contributed by atoms with E-state index in [9.17, 15) is 4.79 Å².